The highest BCUT2D eigenvalue weighted by molar-refractivity contribution is 7.99. The number of hydrogen-bond donors (Lipinski definition) is 1. The van der Waals surface area contributed by atoms with Gasteiger partial charge >= 0.3 is 5.97 Å². The normalized spacial score (nSPS) is 10.4. The topological polar surface area (TPSA) is 80.4 Å². The first-order valence-corrected chi connectivity index (χ1v) is 7.03. The summed E-state index contributed by atoms with van der Waals surface area (Å²) in [5.74, 6) is -1.14. The second kappa shape index (κ2) is 6.15. The van der Waals surface area contributed by atoms with E-state index in [0.29, 0.717) is 9.79 Å². The number of rotatable bonds is 4. The highest BCUT2D eigenvalue weighted by Gasteiger charge is 2.16. The zero-order chi connectivity index (χ0) is 15.6. The van der Waals surface area contributed by atoms with Crippen molar-refractivity contribution < 1.29 is 14.8 Å². The van der Waals surface area contributed by atoms with Crippen molar-refractivity contribution in [3.8, 4) is 0 Å². The molecule has 0 spiro atoms. The van der Waals surface area contributed by atoms with Crippen molar-refractivity contribution in [1.82, 2.24) is 0 Å². The van der Waals surface area contributed by atoms with Crippen LogP contribution in [0, 0.1) is 17.0 Å². The van der Waals surface area contributed by atoms with Crippen LogP contribution in [0.25, 0.3) is 0 Å². The smallest absolute Gasteiger partial charge is 0.337 e. The molecule has 5 nitrogen and oxygen atoms in total. The average molecular weight is 324 g/mol. The minimum Gasteiger partial charge on any atom is -0.478 e. The molecule has 7 heteroatoms. The molecule has 2 aromatic carbocycles. The van der Waals surface area contributed by atoms with E-state index in [1.165, 1.54) is 18.2 Å². The molecule has 0 unspecified atom stereocenters. The van der Waals surface area contributed by atoms with E-state index in [2.05, 4.69) is 0 Å². The Morgan fingerprint density at radius 1 is 1.29 bits per heavy atom. The van der Waals surface area contributed by atoms with Crippen LogP contribution >= 0.6 is 23.4 Å². The largest absolute Gasteiger partial charge is 0.478 e. The molecule has 0 radical (unpaired) electrons. The number of nitro groups is 1. The van der Waals surface area contributed by atoms with Crippen molar-refractivity contribution in [2.24, 2.45) is 0 Å². The molecule has 0 amide bonds. The molecule has 0 aromatic heterocycles. The number of carboxylic acids is 1. The summed E-state index contributed by atoms with van der Waals surface area (Å²) in [7, 11) is 0. The molecule has 0 saturated heterocycles. The highest BCUT2D eigenvalue weighted by Crippen LogP contribution is 2.36. The Labute approximate surface area is 129 Å². The summed E-state index contributed by atoms with van der Waals surface area (Å²) in [5, 5.41) is 20.2. The third-order valence-corrected chi connectivity index (χ3v) is 4.09. The van der Waals surface area contributed by atoms with Crippen LogP contribution in [0.4, 0.5) is 5.69 Å². The lowest BCUT2D eigenvalue weighted by atomic mass is 10.2. The van der Waals surface area contributed by atoms with Crippen molar-refractivity contribution in [2.45, 2.75) is 16.7 Å². The first-order chi connectivity index (χ1) is 9.88. The van der Waals surface area contributed by atoms with Gasteiger partial charge < -0.3 is 5.11 Å². The Kier molecular flexibility index (Phi) is 4.50. The summed E-state index contributed by atoms with van der Waals surface area (Å²) in [4.78, 5) is 22.7. The zero-order valence-electron chi connectivity index (χ0n) is 10.9. The number of aromatic carboxylic acids is 1. The van der Waals surface area contributed by atoms with E-state index in [0.717, 1.165) is 17.3 Å². The van der Waals surface area contributed by atoms with Crippen molar-refractivity contribution >= 4 is 35.0 Å². The third-order valence-electron chi connectivity index (χ3n) is 2.71. The number of halogens is 1. The number of aryl methyl sites for hydroxylation is 1. The first-order valence-electron chi connectivity index (χ1n) is 5.84. The molecular weight excluding hydrogens is 314 g/mol. The van der Waals surface area contributed by atoms with Crippen LogP contribution in [-0.4, -0.2) is 16.0 Å². The SMILES string of the molecule is Cc1ccc(Sc2ccc(Cl)c(C(=O)O)c2)c([N+](=O)[O-])c1. The number of carboxylic acid groups (broad SMARTS) is 1. The maximum absolute atomic E-state index is 11.1. The molecule has 21 heavy (non-hydrogen) atoms. The second-order valence-corrected chi connectivity index (χ2v) is 5.80. The van der Waals surface area contributed by atoms with Gasteiger partial charge in [-0.05, 0) is 36.8 Å². The minimum absolute atomic E-state index is 0.00757. The third kappa shape index (κ3) is 3.53. The van der Waals surface area contributed by atoms with Gasteiger partial charge in [0.2, 0.25) is 0 Å². The molecule has 2 rings (SSSR count). The predicted molar refractivity (Wildman–Crippen MR) is 80.4 cm³/mol. The molecule has 0 aliphatic carbocycles. The molecule has 0 aliphatic heterocycles. The van der Waals surface area contributed by atoms with Crippen molar-refractivity contribution in [3.05, 3.63) is 62.7 Å². The fourth-order valence-corrected chi connectivity index (χ4v) is 2.85. The number of nitro benzene ring substituents is 1. The van der Waals surface area contributed by atoms with Gasteiger partial charge in [-0.3, -0.25) is 10.1 Å². The Morgan fingerprint density at radius 2 is 2.00 bits per heavy atom. The maximum Gasteiger partial charge on any atom is 0.337 e. The Bertz CT molecular complexity index is 733. The summed E-state index contributed by atoms with van der Waals surface area (Å²) in [6.07, 6.45) is 0. The summed E-state index contributed by atoms with van der Waals surface area (Å²) < 4.78 is 0. The second-order valence-electron chi connectivity index (χ2n) is 4.28. The zero-order valence-corrected chi connectivity index (χ0v) is 12.4. The highest BCUT2D eigenvalue weighted by atomic mass is 35.5. The van der Waals surface area contributed by atoms with Gasteiger partial charge in [0.15, 0.2) is 0 Å². The molecule has 0 saturated carbocycles. The van der Waals surface area contributed by atoms with Crippen LogP contribution in [0.15, 0.2) is 46.2 Å². The molecule has 0 bridgehead atoms. The van der Waals surface area contributed by atoms with Gasteiger partial charge in [0.1, 0.15) is 0 Å². The van der Waals surface area contributed by atoms with E-state index in [4.69, 9.17) is 16.7 Å². The lowest BCUT2D eigenvalue weighted by molar-refractivity contribution is -0.387. The molecule has 0 heterocycles. The lowest BCUT2D eigenvalue weighted by Crippen LogP contribution is -1.97. The van der Waals surface area contributed by atoms with Gasteiger partial charge in [0, 0.05) is 11.0 Å². The van der Waals surface area contributed by atoms with E-state index in [-0.39, 0.29) is 16.3 Å². The standard InChI is InChI=1S/C14H10ClNO4S/c1-8-2-5-13(12(6-8)16(19)20)21-9-3-4-11(15)10(7-9)14(17)18/h2-7H,1H3,(H,17,18). The van der Waals surface area contributed by atoms with E-state index in [1.807, 2.05) is 0 Å². The van der Waals surface area contributed by atoms with Crippen LogP contribution in [-0.2, 0) is 0 Å². The van der Waals surface area contributed by atoms with E-state index in [9.17, 15) is 14.9 Å². The summed E-state index contributed by atoms with van der Waals surface area (Å²) >= 11 is 6.93. The summed E-state index contributed by atoms with van der Waals surface area (Å²) in [5.41, 5.74) is 0.747. The molecule has 1 N–H and O–H groups in total. The van der Waals surface area contributed by atoms with Crippen molar-refractivity contribution in [2.75, 3.05) is 0 Å². The molecule has 108 valence electrons. The van der Waals surface area contributed by atoms with Crippen LogP contribution in [0.1, 0.15) is 15.9 Å². The van der Waals surface area contributed by atoms with Crippen LogP contribution in [0.2, 0.25) is 5.02 Å². The Morgan fingerprint density at radius 3 is 2.62 bits per heavy atom. The maximum atomic E-state index is 11.1. The van der Waals surface area contributed by atoms with Gasteiger partial charge in [0.25, 0.3) is 5.69 Å². The summed E-state index contributed by atoms with van der Waals surface area (Å²) in [6.45, 7) is 1.77. The van der Waals surface area contributed by atoms with Crippen LogP contribution < -0.4 is 0 Å². The number of benzene rings is 2. The quantitative estimate of drug-likeness (QED) is 0.666. The minimum atomic E-state index is -1.14. The lowest BCUT2D eigenvalue weighted by Gasteiger charge is -2.06. The Balaban J connectivity index is 2.41. The molecule has 0 atom stereocenters. The van der Waals surface area contributed by atoms with E-state index >= 15 is 0 Å². The first kappa shape index (κ1) is 15.3. The van der Waals surface area contributed by atoms with Crippen molar-refractivity contribution in [1.29, 1.82) is 0 Å². The number of hydrogen-bond acceptors (Lipinski definition) is 4. The van der Waals surface area contributed by atoms with Crippen LogP contribution in [0.3, 0.4) is 0 Å². The van der Waals surface area contributed by atoms with Crippen LogP contribution in [0.5, 0.6) is 0 Å². The van der Waals surface area contributed by atoms with E-state index in [1.54, 1.807) is 25.1 Å². The Hall–Kier alpha value is -2.05. The van der Waals surface area contributed by atoms with Gasteiger partial charge in [-0.15, -0.1) is 0 Å². The van der Waals surface area contributed by atoms with E-state index < -0.39 is 10.9 Å². The number of carbonyl (C=O) groups is 1. The predicted octanol–water partition coefficient (Wildman–Crippen LogP) is 4.41. The molecule has 0 aliphatic rings. The van der Waals surface area contributed by atoms with Crippen molar-refractivity contribution in [3.63, 3.8) is 0 Å². The van der Waals surface area contributed by atoms with Gasteiger partial charge in [-0.1, -0.05) is 29.4 Å². The van der Waals surface area contributed by atoms with Gasteiger partial charge in [-0.25, -0.2) is 4.79 Å². The summed E-state index contributed by atoms with van der Waals surface area (Å²) in [6, 6.07) is 9.39. The fourth-order valence-electron chi connectivity index (χ4n) is 1.72. The molecule has 0 fully saturated rings. The number of nitrogens with zero attached hydrogens (tertiary/aromatic N) is 1. The molecule has 2 aromatic rings. The molecular formula is C14H10ClNO4S. The average Bonchev–Trinajstić information content (AvgIpc) is 2.42. The fraction of sp³-hybridized carbons (Fsp3) is 0.0714. The monoisotopic (exact) mass is 323 g/mol. The van der Waals surface area contributed by atoms with Gasteiger partial charge in [-0.2, -0.15) is 0 Å². The van der Waals surface area contributed by atoms with Gasteiger partial charge in [0.05, 0.1) is 20.4 Å².